The highest BCUT2D eigenvalue weighted by Gasteiger charge is 2.19. The number of rotatable bonds is 51. The fraction of sp³-hybridized carbons (Fsp3) is 0.877. The Bertz CT molecular complexity index is 1050. The van der Waals surface area contributed by atoms with Crippen molar-refractivity contribution in [3.8, 4) is 0 Å². The maximum Gasteiger partial charge on any atom is 0.306 e. The van der Waals surface area contributed by atoms with Crippen molar-refractivity contribution in [3.63, 3.8) is 0 Å². The second-order valence-electron chi connectivity index (χ2n) is 19.0. The SMILES string of the molecule is CCCCCCCC/C=C\CCCCCCCC(=O)OCC(COC(=O)CCCCCCCC(O)CCCCCCCCC)OC(=O)CCCCCCC/C=C\CCCCCCCC. The Morgan fingerprint density at radius 1 is 0.359 bits per heavy atom. The Morgan fingerprint density at radius 2 is 0.625 bits per heavy atom. The molecule has 0 amide bonds. The predicted molar refractivity (Wildman–Crippen MR) is 272 cm³/mol. The lowest BCUT2D eigenvalue weighted by molar-refractivity contribution is -0.167. The molecular weight excluding hydrogens is 797 g/mol. The van der Waals surface area contributed by atoms with Crippen molar-refractivity contribution in [2.24, 2.45) is 0 Å². The maximum atomic E-state index is 12.8. The third kappa shape index (κ3) is 49.3. The lowest BCUT2D eigenvalue weighted by atomic mass is 10.0. The van der Waals surface area contributed by atoms with Crippen LogP contribution < -0.4 is 0 Å². The number of esters is 3. The van der Waals surface area contributed by atoms with E-state index < -0.39 is 6.10 Å². The van der Waals surface area contributed by atoms with E-state index in [9.17, 15) is 19.5 Å². The molecule has 0 aliphatic rings. The van der Waals surface area contributed by atoms with Crippen molar-refractivity contribution in [1.29, 1.82) is 0 Å². The number of unbranched alkanes of at least 4 members (excludes halogenated alkanes) is 32. The summed E-state index contributed by atoms with van der Waals surface area (Å²) in [5.74, 6) is -0.949. The first-order chi connectivity index (χ1) is 31.4. The summed E-state index contributed by atoms with van der Waals surface area (Å²) in [5, 5.41) is 10.3. The maximum absolute atomic E-state index is 12.8. The number of hydrogen-bond donors (Lipinski definition) is 1. The van der Waals surface area contributed by atoms with Gasteiger partial charge in [-0.25, -0.2) is 0 Å². The lowest BCUT2D eigenvalue weighted by Crippen LogP contribution is -2.30. The van der Waals surface area contributed by atoms with Crippen LogP contribution >= 0.6 is 0 Å². The van der Waals surface area contributed by atoms with Crippen LogP contribution in [0.2, 0.25) is 0 Å². The van der Waals surface area contributed by atoms with Crippen molar-refractivity contribution in [3.05, 3.63) is 24.3 Å². The molecule has 1 N–H and O–H groups in total. The highest BCUT2D eigenvalue weighted by atomic mass is 16.6. The minimum Gasteiger partial charge on any atom is -0.462 e. The highest BCUT2D eigenvalue weighted by Crippen LogP contribution is 2.16. The Hall–Kier alpha value is -2.15. The molecule has 0 spiro atoms. The molecule has 0 aliphatic heterocycles. The number of hydrogen-bond acceptors (Lipinski definition) is 7. The summed E-state index contributed by atoms with van der Waals surface area (Å²) in [7, 11) is 0. The Balaban J connectivity index is 4.42. The van der Waals surface area contributed by atoms with Gasteiger partial charge < -0.3 is 19.3 Å². The largest absolute Gasteiger partial charge is 0.462 e. The molecule has 0 bridgehead atoms. The van der Waals surface area contributed by atoms with Gasteiger partial charge in [-0.1, -0.05) is 218 Å². The van der Waals surface area contributed by atoms with E-state index >= 15 is 0 Å². The monoisotopic (exact) mass is 903 g/mol. The van der Waals surface area contributed by atoms with Crippen molar-refractivity contribution in [2.75, 3.05) is 13.2 Å². The molecule has 2 atom stereocenters. The first-order valence-corrected chi connectivity index (χ1v) is 27.9. The van der Waals surface area contributed by atoms with Gasteiger partial charge in [-0.3, -0.25) is 14.4 Å². The minimum absolute atomic E-state index is 0.0971. The van der Waals surface area contributed by atoms with Crippen LogP contribution in [-0.2, 0) is 28.6 Å². The Labute approximate surface area is 396 Å². The van der Waals surface area contributed by atoms with Crippen LogP contribution in [0.15, 0.2) is 24.3 Å². The van der Waals surface area contributed by atoms with Crippen molar-refractivity contribution >= 4 is 17.9 Å². The summed E-state index contributed by atoms with van der Waals surface area (Å²) in [6, 6.07) is 0. The van der Waals surface area contributed by atoms with Gasteiger partial charge in [-0.2, -0.15) is 0 Å². The van der Waals surface area contributed by atoms with Crippen LogP contribution in [0.5, 0.6) is 0 Å². The van der Waals surface area contributed by atoms with E-state index in [0.29, 0.717) is 19.3 Å². The molecule has 0 radical (unpaired) electrons. The Kier molecular flexibility index (Phi) is 50.1. The van der Waals surface area contributed by atoms with Crippen LogP contribution in [-0.4, -0.2) is 48.4 Å². The van der Waals surface area contributed by atoms with Crippen LogP contribution in [0.1, 0.15) is 297 Å². The Morgan fingerprint density at radius 3 is 0.953 bits per heavy atom. The van der Waals surface area contributed by atoms with Gasteiger partial charge in [0.05, 0.1) is 6.10 Å². The molecule has 64 heavy (non-hydrogen) atoms. The number of carbonyl (C=O) groups excluding carboxylic acids is 3. The van der Waals surface area contributed by atoms with Crippen molar-refractivity contribution in [1.82, 2.24) is 0 Å². The van der Waals surface area contributed by atoms with Crippen LogP contribution in [0.25, 0.3) is 0 Å². The molecule has 0 aromatic carbocycles. The smallest absolute Gasteiger partial charge is 0.306 e. The third-order valence-electron chi connectivity index (χ3n) is 12.5. The van der Waals surface area contributed by atoms with E-state index in [2.05, 4.69) is 45.1 Å². The van der Waals surface area contributed by atoms with Crippen LogP contribution in [0, 0.1) is 0 Å². The summed E-state index contributed by atoms with van der Waals surface area (Å²) in [6.45, 7) is 6.56. The van der Waals surface area contributed by atoms with Gasteiger partial charge in [0, 0.05) is 19.3 Å². The molecule has 0 aromatic rings. The first kappa shape index (κ1) is 61.9. The second-order valence-corrected chi connectivity index (χ2v) is 19.0. The summed E-state index contributed by atoms with van der Waals surface area (Å²) < 4.78 is 16.8. The summed E-state index contributed by atoms with van der Waals surface area (Å²) >= 11 is 0. The summed E-state index contributed by atoms with van der Waals surface area (Å²) in [6.07, 6.45) is 55.8. The molecule has 0 saturated heterocycles. The molecule has 376 valence electrons. The summed E-state index contributed by atoms with van der Waals surface area (Å²) in [5.41, 5.74) is 0. The van der Waals surface area contributed by atoms with E-state index in [0.717, 1.165) is 109 Å². The van der Waals surface area contributed by atoms with Crippen LogP contribution in [0.3, 0.4) is 0 Å². The molecule has 0 rings (SSSR count). The number of ether oxygens (including phenoxy) is 3. The number of aliphatic hydroxyl groups is 1. The van der Waals surface area contributed by atoms with Gasteiger partial charge in [-0.15, -0.1) is 0 Å². The fourth-order valence-corrected chi connectivity index (χ4v) is 8.22. The summed E-state index contributed by atoms with van der Waals surface area (Å²) in [4.78, 5) is 38.1. The fourth-order valence-electron chi connectivity index (χ4n) is 8.22. The van der Waals surface area contributed by atoms with E-state index in [-0.39, 0.29) is 37.2 Å². The van der Waals surface area contributed by atoms with Crippen molar-refractivity contribution in [2.45, 2.75) is 309 Å². The molecule has 0 saturated carbocycles. The van der Waals surface area contributed by atoms with E-state index in [1.54, 1.807) is 0 Å². The van der Waals surface area contributed by atoms with Gasteiger partial charge in [0.25, 0.3) is 0 Å². The third-order valence-corrected chi connectivity index (χ3v) is 12.5. The highest BCUT2D eigenvalue weighted by molar-refractivity contribution is 5.71. The molecule has 2 unspecified atom stereocenters. The quantitative estimate of drug-likeness (QED) is 0.0281. The normalized spacial score (nSPS) is 12.6. The molecule has 0 fully saturated rings. The van der Waals surface area contributed by atoms with E-state index in [1.165, 1.54) is 148 Å². The molecule has 7 nitrogen and oxygen atoms in total. The zero-order chi connectivity index (χ0) is 46.7. The second kappa shape index (κ2) is 51.8. The molecule has 0 aliphatic carbocycles. The van der Waals surface area contributed by atoms with E-state index in [1.807, 2.05) is 0 Å². The number of allylic oxidation sites excluding steroid dienone is 4. The van der Waals surface area contributed by atoms with Gasteiger partial charge in [0.1, 0.15) is 13.2 Å². The minimum atomic E-state index is -0.801. The number of carbonyl (C=O) groups is 3. The number of aliphatic hydroxyl groups excluding tert-OH is 1. The average Bonchev–Trinajstić information content (AvgIpc) is 3.29. The van der Waals surface area contributed by atoms with E-state index in [4.69, 9.17) is 14.2 Å². The van der Waals surface area contributed by atoms with Gasteiger partial charge in [0.2, 0.25) is 0 Å². The zero-order valence-corrected chi connectivity index (χ0v) is 42.7. The standard InChI is InChI=1S/C57H106O7/c1-4-7-10-13-16-18-20-22-24-26-28-30-33-38-43-48-55(59)62-51-54(64-57(61)50-45-39-34-31-29-27-25-23-21-19-17-14-11-8-5-2)52-63-56(60)49-44-40-35-37-42-47-53(58)46-41-36-32-15-12-9-6-3/h22-25,53-54,58H,4-21,26-52H2,1-3H3/b24-22-,25-23-. The zero-order valence-electron chi connectivity index (χ0n) is 42.7. The average molecular weight is 903 g/mol. The van der Waals surface area contributed by atoms with Gasteiger partial charge >= 0.3 is 17.9 Å². The molecule has 0 aromatic heterocycles. The topological polar surface area (TPSA) is 99.1 Å². The van der Waals surface area contributed by atoms with Crippen molar-refractivity contribution < 1.29 is 33.7 Å². The predicted octanol–water partition coefficient (Wildman–Crippen LogP) is 17.3. The van der Waals surface area contributed by atoms with Crippen LogP contribution in [0.4, 0.5) is 0 Å². The molecular formula is C57H106O7. The molecule has 0 heterocycles. The lowest BCUT2D eigenvalue weighted by Gasteiger charge is -2.18. The first-order valence-electron chi connectivity index (χ1n) is 27.9. The van der Waals surface area contributed by atoms with Gasteiger partial charge in [0.15, 0.2) is 6.10 Å². The molecule has 7 heteroatoms. The van der Waals surface area contributed by atoms with Gasteiger partial charge in [-0.05, 0) is 83.5 Å².